The van der Waals surface area contributed by atoms with Crippen molar-refractivity contribution in [3.63, 3.8) is 0 Å². The van der Waals surface area contributed by atoms with E-state index in [0.717, 1.165) is 74.2 Å². The molecule has 0 aliphatic carbocycles. The number of nitrogens with one attached hydrogen (secondary N) is 4. The smallest absolute Gasteiger partial charge is 0.228 e. The molecule has 4 N–H and O–H groups in total. The van der Waals surface area contributed by atoms with Crippen molar-refractivity contribution in [2.75, 3.05) is 44.0 Å². The number of anilines is 2. The molecule has 2 aromatic carbocycles. The van der Waals surface area contributed by atoms with Gasteiger partial charge in [-0.3, -0.25) is 9.59 Å². The van der Waals surface area contributed by atoms with E-state index in [1.807, 2.05) is 12.1 Å². The van der Waals surface area contributed by atoms with E-state index in [4.69, 9.17) is 9.72 Å². The van der Waals surface area contributed by atoms with Gasteiger partial charge in [0.15, 0.2) is 0 Å². The predicted octanol–water partition coefficient (Wildman–Crippen LogP) is 4.40. The summed E-state index contributed by atoms with van der Waals surface area (Å²) in [4.78, 5) is 30.9. The fourth-order valence-corrected chi connectivity index (χ4v) is 7.27. The lowest BCUT2D eigenvalue weighted by molar-refractivity contribution is -0.116. The summed E-state index contributed by atoms with van der Waals surface area (Å²) in [5.41, 5.74) is 7.32. The summed E-state index contributed by atoms with van der Waals surface area (Å²) in [6.07, 6.45) is 1.75. The van der Waals surface area contributed by atoms with Crippen molar-refractivity contribution in [2.24, 2.45) is 0 Å². The Kier molecular flexibility index (Phi) is 7.22. The molecule has 0 bridgehead atoms. The molecule has 6 rings (SSSR count). The second-order valence-electron chi connectivity index (χ2n) is 9.47. The highest BCUT2D eigenvalue weighted by atomic mass is 32.1. The Bertz CT molecular complexity index is 1530. The van der Waals surface area contributed by atoms with Crippen LogP contribution in [0.15, 0.2) is 36.4 Å². The quantitative estimate of drug-likeness (QED) is 0.232. The number of amides is 2. The molecule has 10 heteroatoms. The van der Waals surface area contributed by atoms with E-state index in [1.54, 1.807) is 29.8 Å². The molecule has 2 aliphatic rings. The summed E-state index contributed by atoms with van der Waals surface area (Å²) in [7, 11) is 1.67. The Balaban J connectivity index is 1.28. The monoisotopic (exact) mass is 547 g/mol. The Morgan fingerprint density at radius 3 is 2.89 bits per heavy atom. The fraction of sp³-hybridized carbons (Fsp3) is 0.321. The second-order valence-corrected chi connectivity index (χ2v) is 11.6. The number of nitrogens with zero attached hydrogens (tertiary/aromatic N) is 1. The van der Waals surface area contributed by atoms with E-state index in [0.29, 0.717) is 26.0 Å². The van der Waals surface area contributed by atoms with Gasteiger partial charge in [-0.15, -0.1) is 22.7 Å². The van der Waals surface area contributed by atoms with Gasteiger partial charge >= 0.3 is 0 Å². The average Bonchev–Trinajstić information content (AvgIpc) is 3.60. The van der Waals surface area contributed by atoms with E-state index in [-0.39, 0.29) is 11.8 Å². The normalized spacial score (nSPS) is 14.4. The lowest BCUT2D eigenvalue weighted by Crippen LogP contribution is -2.24. The summed E-state index contributed by atoms with van der Waals surface area (Å²) in [6, 6.07) is 12.4. The van der Waals surface area contributed by atoms with Crippen LogP contribution >= 0.6 is 22.7 Å². The molecular weight excluding hydrogens is 518 g/mol. The maximum Gasteiger partial charge on any atom is 0.228 e. The van der Waals surface area contributed by atoms with E-state index in [2.05, 4.69) is 45.5 Å². The molecule has 8 nitrogen and oxygen atoms in total. The summed E-state index contributed by atoms with van der Waals surface area (Å²) < 4.78 is 6.15. The topological polar surface area (TPSA) is 104 Å². The molecule has 2 aromatic heterocycles. The predicted molar refractivity (Wildman–Crippen MR) is 154 cm³/mol. The third kappa shape index (κ3) is 5.10. The SMILES string of the molecule is COCCNCCC(=O)Nc1sc2c(c1-c1nc3cc(-c4ccc5c(c4)NC(=O)C5)ccc3s1)CCNC2. The maximum absolute atomic E-state index is 12.8. The highest BCUT2D eigenvalue weighted by molar-refractivity contribution is 7.23. The molecule has 4 aromatic rings. The third-order valence-corrected chi connectivity index (χ3v) is 9.06. The second kappa shape index (κ2) is 10.9. The zero-order valence-electron chi connectivity index (χ0n) is 21.1. The number of thiophene rings is 1. The zero-order valence-corrected chi connectivity index (χ0v) is 22.7. The largest absolute Gasteiger partial charge is 0.383 e. The molecule has 0 fully saturated rings. The minimum atomic E-state index is -0.00480. The highest BCUT2D eigenvalue weighted by Crippen LogP contribution is 2.45. The van der Waals surface area contributed by atoms with Crippen LogP contribution in [0.2, 0.25) is 0 Å². The Morgan fingerprint density at radius 1 is 1.13 bits per heavy atom. The lowest BCUT2D eigenvalue weighted by Gasteiger charge is -2.13. The van der Waals surface area contributed by atoms with Crippen LogP contribution in [0.3, 0.4) is 0 Å². The molecule has 2 aliphatic heterocycles. The molecule has 0 saturated heterocycles. The highest BCUT2D eigenvalue weighted by Gasteiger charge is 2.25. The number of carbonyl (C=O) groups is 2. The van der Waals surface area contributed by atoms with Gasteiger partial charge in [-0.1, -0.05) is 18.2 Å². The van der Waals surface area contributed by atoms with Crippen LogP contribution in [0.5, 0.6) is 0 Å². The number of benzene rings is 2. The summed E-state index contributed by atoms with van der Waals surface area (Å²) in [5, 5.41) is 14.6. The Morgan fingerprint density at radius 2 is 2.00 bits per heavy atom. The van der Waals surface area contributed by atoms with Crippen molar-refractivity contribution in [3.8, 4) is 21.7 Å². The van der Waals surface area contributed by atoms with Crippen molar-refractivity contribution in [3.05, 3.63) is 52.4 Å². The van der Waals surface area contributed by atoms with Crippen molar-refractivity contribution in [1.29, 1.82) is 0 Å². The molecule has 38 heavy (non-hydrogen) atoms. The van der Waals surface area contributed by atoms with E-state index in [9.17, 15) is 9.59 Å². The standard InChI is InChI=1S/C28H29N5O3S2/c1-36-11-10-29-9-7-24(34)33-28-26(19-6-8-30-15-23(19)38-28)27-32-21-13-17(4-5-22(21)37-27)16-2-3-18-14-25(35)31-20(18)12-16/h2-5,12-13,29-30H,6-11,14-15H2,1H3,(H,31,35)(H,33,34). The summed E-state index contributed by atoms with van der Waals surface area (Å²) >= 11 is 3.31. The molecule has 196 valence electrons. The van der Waals surface area contributed by atoms with Gasteiger partial charge in [-0.2, -0.15) is 0 Å². The number of aromatic nitrogens is 1. The van der Waals surface area contributed by atoms with Crippen LogP contribution in [0.25, 0.3) is 31.9 Å². The van der Waals surface area contributed by atoms with Gasteiger partial charge in [0.2, 0.25) is 11.8 Å². The van der Waals surface area contributed by atoms with Gasteiger partial charge in [0.05, 0.1) is 23.2 Å². The number of rotatable bonds is 9. The van der Waals surface area contributed by atoms with Crippen LogP contribution in [-0.2, 0) is 33.7 Å². The first kappa shape index (κ1) is 25.1. The van der Waals surface area contributed by atoms with Crippen LogP contribution < -0.4 is 21.3 Å². The molecule has 2 amide bonds. The minimum Gasteiger partial charge on any atom is -0.383 e. The first-order valence-electron chi connectivity index (χ1n) is 12.8. The molecule has 0 spiro atoms. The van der Waals surface area contributed by atoms with Gasteiger partial charge in [-0.25, -0.2) is 4.98 Å². The zero-order chi connectivity index (χ0) is 26.1. The summed E-state index contributed by atoms with van der Waals surface area (Å²) in [6.45, 7) is 3.68. The van der Waals surface area contributed by atoms with Gasteiger partial charge in [-0.05, 0) is 53.4 Å². The number of hydrogen-bond acceptors (Lipinski definition) is 8. The first-order valence-corrected chi connectivity index (χ1v) is 14.4. The van der Waals surface area contributed by atoms with Crippen LogP contribution in [0.4, 0.5) is 10.7 Å². The number of fused-ring (bicyclic) bond motifs is 3. The van der Waals surface area contributed by atoms with Crippen molar-refractivity contribution < 1.29 is 14.3 Å². The van der Waals surface area contributed by atoms with E-state index in [1.165, 1.54) is 10.4 Å². The van der Waals surface area contributed by atoms with Gasteiger partial charge < -0.3 is 26.0 Å². The average molecular weight is 548 g/mol. The van der Waals surface area contributed by atoms with Gasteiger partial charge in [0, 0.05) is 49.3 Å². The van der Waals surface area contributed by atoms with Gasteiger partial charge in [0.1, 0.15) is 10.0 Å². The lowest BCUT2D eigenvalue weighted by atomic mass is 10.0. The van der Waals surface area contributed by atoms with Crippen molar-refractivity contribution in [2.45, 2.75) is 25.8 Å². The molecule has 0 atom stereocenters. The fourth-order valence-electron chi connectivity index (χ4n) is 4.95. The Hall–Kier alpha value is -3.15. The number of thiazole rings is 1. The molecular formula is C28H29N5O3S2. The number of methoxy groups -OCH3 is 1. The third-order valence-electron chi connectivity index (χ3n) is 6.86. The number of ether oxygens (including phenoxy) is 1. The van der Waals surface area contributed by atoms with Crippen LogP contribution in [0, 0.1) is 0 Å². The molecule has 4 heterocycles. The maximum atomic E-state index is 12.8. The Labute approximate surface area is 228 Å². The first-order chi connectivity index (χ1) is 18.6. The summed E-state index contributed by atoms with van der Waals surface area (Å²) in [5.74, 6) is 0.0334. The minimum absolute atomic E-state index is 0.00480. The number of carbonyl (C=O) groups excluding carboxylic acids is 2. The molecule has 0 saturated carbocycles. The van der Waals surface area contributed by atoms with Crippen molar-refractivity contribution >= 4 is 55.4 Å². The van der Waals surface area contributed by atoms with Crippen molar-refractivity contribution in [1.82, 2.24) is 15.6 Å². The molecule has 0 unspecified atom stereocenters. The van der Waals surface area contributed by atoms with Crippen LogP contribution in [0.1, 0.15) is 22.4 Å². The molecule has 0 radical (unpaired) electrons. The van der Waals surface area contributed by atoms with Gasteiger partial charge in [0.25, 0.3) is 0 Å². The van der Waals surface area contributed by atoms with E-state index >= 15 is 0 Å². The van der Waals surface area contributed by atoms with Crippen LogP contribution in [-0.4, -0.2) is 50.1 Å². The van der Waals surface area contributed by atoms with E-state index < -0.39 is 0 Å². The number of hydrogen-bond donors (Lipinski definition) is 4.